The maximum atomic E-state index is 12.5. The Hall–Kier alpha value is -1.90. The minimum absolute atomic E-state index is 0.0576. The van der Waals surface area contributed by atoms with Gasteiger partial charge in [-0.2, -0.15) is 5.26 Å². The number of aliphatic hydroxyl groups is 2. The summed E-state index contributed by atoms with van der Waals surface area (Å²) in [5.74, 6) is -0.862. The zero-order valence-electron chi connectivity index (χ0n) is 14.0. The van der Waals surface area contributed by atoms with Gasteiger partial charge in [0.15, 0.2) is 0 Å². The summed E-state index contributed by atoms with van der Waals surface area (Å²) in [5.41, 5.74) is -1.19. The van der Waals surface area contributed by atoms with Crippen LogP contribution in [0.5, 0.6) is 5.75 Å². The van der Waals surface area contributed by atoms with Crippen LogP contribution < -0.4 is 0 Å². The van der Waals surface area contributed by atoms with E-state index in [2.05, 4.69) is 20.9 Å². The van der Waals surface area contributed by atoms with Gasteiger partial charge in [0, 0.05) is 29.8 Å². The highest BCUT2D eigenvalue weighted by atomic mass is 79.9. The third-order valence-electron chi connectivity index (χ3n) is 3.78. The summed E-state index contributed by atoms with van der Waals surface area (Å²) in [6, 6.07) is 8.48. The average molecular weight is 458 g/mol. The first-order valence-electron chi connectivity index (χ1n) is 7.78. The van der Waals surface area contributed by atoms with Crippen molar-refractivity contribution in [1.29, 1.82) is 5.26 Å². The normalized spacial score (nSPS) is 20.4. The summed E-state index contributed by atoms with van der Waals surface area (Å²) in [5, 5.41) is 36.3. The number of aromatic hydroxyl groups is 1. The lowest BCUT2D eigenvalue weighted by Gasteiger charge is -2.19. The fraction of sp³-hybridized carbons (Fsp3) is 0.294. The first-order valence-corrected chi connectivity index (χ1v) is 9.68. The standard InChI is InChI=1S/C10H13BrN2O3S.C7H4FNO/c11-8-1-2-9(12-5-8)17(16)13-4-3-10(15,6-13)7-14;8-7-3-6(10)2-1-5(7)4-9/h1-2,5,14-15H,3-4,6-7H2;1-3,10H. The number of rotatable bonds is 3. The van der Waals surface area contributed by atoms with Gasteiger partial charge < -0.3 is 15.3 Å². The van der Waals surface area contributed by atoms with Crippen molar-refractivity contribution >= 4 is 26.9 Å². The Morgan fingerprint density at radius 3 is 2.67 bits per heavy atom. The Kier molecular flexibility index (Phi) is 7.41. The highest BCUT2D eigenvalue weighted by molar-refractivity contribution is 9.10. The second kappa shape index (κ2) is 9.34. The molecule has 1 fully saturated rings. The van der Waals surface area contributed by atoms with Crippen LogP contribution in [-0.2, 0) is 11.0 Å². The summed E-state index contributed by atoms with van der Waals surface area (Å²) in [6.45, 7) is 0.379. The number of aromatic nitrogens is 1. The van der Waals surface area contributed by atoms with E-state index in [1.54, 1.807) is 28.7 Å². The van der Waals surface area contributed by atoms with E-state index in [0.29, 0.717) is 18.0 Å². The number of halogens is 2. The number of benzene rings is 1. The van der Waals surface area contributed by atoms with Gasteiger partial charge in [0.2, 0.25) is 0 Å². The van der Waals surface area contributed by atoms with Gasteiger partial charge >= 0.3 is 0 Å². The molecule has 1 aliphatic rings. The van der Waals surface area contributed by atoms with Crippen LogP contribution >= 0.6 is 15.9 Å². The van der Waals surface area contributed by atoms with Crippen molar-refractivity contribution in [3.8, 4) is 11.8 Å². The number of hydrogen-bond acceptors (Lipinski definition) is 6. The predicted octanol–water partition coefficient (Wildman–Crippen LogP) is 1.70. The number of nitriles is 1. The van der Waals surface area contributed by atoms with Crippen molar-refractivity contribution < 1.29 is 23.9 Å². The lowest BCUT2D eigenvalue weighted by atomic mass is 10.1. The second-order valence-electron chi connectivity index (χ2n) is 5.84. The van der Waals surface area contributed by atoms with Gasteiger partial charge in [-0.25, -0.2) is 17.9 Å². The number of nitrogens with zero attached hydrogens (tertiary/aromatic N) is 3. The molecule has 1 saturated heterocycles. The molecular weight excluding hydrogens is 441 g/mol. The molecule has 0 bridgehead atoms. The molecular formula is C17H17BrFN3O4S. The molecule has 1 aromatic heterocycles. The molecule has 0 amide bonds. The summed E-state index contributed by atoms with van der Waals surface area (Å²) >= 11 is 3.26. The molecule has 0 saturated carbocycles. The van der Waals surface area contributed by atoms with Crippen LogP contribution in [0, 0.1) is 17.1 Å². The molecule has 1 aromatic carbocycles. The molecule has 0 aliphatic carbocycles. The zero-order valence-corrected chi connectivity index (χ0v) is 16.5. The van der Waals surface area contributed by atoms with Gasteiger partial charge in [-0.05, 0) is 46.6 Å². The molecule has 27 heavy (non-hydrogen) atoms. The Labute approximate surface area is 166 Å². The van der Waals surface area contributed by atoms with Crippen LogP contribution in [0.15, 0.2) is 46.0 Å². The van der Waals surface area contributed by atoms with Crippen LogP contribution in [0.3, 0.4) is 0 Å². The molecule has 2 heterocycles. The number of hydrogen-bond donors (Lipinski definition) is 3. The molecule has 0 radical (unpaired) electrons. The molecule has 2 aromatic rings. The number of pyridine rings is 1. The van der Waals surface area contributed by atoms with E-state index < -0.39 is 22.4 Å². The Bertz CT molecular complexity index is 862. The maximum Gasteiger partial charge on any atom is 0.146 e. The van der Waals surface area contributed by atoms with Gasteiger partial charge in [-0.15, -0.1) is 0 Å². The SMILES string of the molecule is N#Cc1ccc(O)cc1F.O=S(c1ccc(Br)cn1)N1CCC(O)(CO)C1. The fourth-order valence-electron chi connectivity index (χ4n) is 2.28. The van der Waals surface area contributed by atoms with Gasteiger partial charge in [-0.3, -0.25) is 0 Å². The van der Waals surface area contributed by atoms with Crippen molar-refractivity contribution in [3.05, 3.63) is 52.4 Å². The summed E-state index contributed by atoms with van der Waals surface area (Å²) in [6.07, 6.45) is 2.01. The maximum absolute atomic E-state index is 12.5. The summed E-state index contributed by atoms with van der Waals surface area (Å²) < 4.78 is 27.0. The Morgan fingerprint density at radius 1 is 1.41 bits per heavy atom. The molecule has 3 N–H and O–H groups in total. The van der Waals surface area contributed by atoms with Crippen LogP contribution in [0.1, 0.15) is 12.0 Å². The summed E-state index contributed by atoms with van der Waals surface area (Å²) in [7, 11) is -1.38. The van der Waals surface area contributed by atoms with Crippen molar-refractivity contribution in [2.45, 2.75) is 17.0 Å². The minimum Gasteiger partial charge on any atom is -0.508 e. The highest BCUT2D eigenvalue weighted by Crippen LogP contribution is 2.24. The van der Waals surface area contributed by atoms with Gasteiger partial charge in [-0.1, -0.05) is 0 Å². The van der Waals surface area contributed by atoms with Crippen molar-refractivity contribution in [3.63, 3.8) is 0 Å². The van der Waals surface area contributed by atoms with E-state index in [1.165, 1.54) is 12.1 Å². The van der Waals surface area contributed by atoms with Crippen molar-refractivity contribution in [1.82, 2.24) is 9.29 Å². The molecule has 10 heteroatoms. The number of aliphatic hydroxyl groups excluding tert-OH is 1. The van der Waals surface area contributed by atoms with Crippen LogP contribution in [-0.4, -0.2) is 54.1 Å². The molecule has 2 unspecified atom stereocenters. The monoisotopic (exact) mass is 457 g/mol. The molecule has 7 nitrogen and oxygen atoms in total. The smallest absolute Gasteiger partial charge is 0.146 e. The molecule has 0 spiro atoms. The Balaban J connectivity index is 0.000000223. The number of phenols is 1. The van der Waals surface area contributed by atoms with E-state index in [4.69, 9.17) is 15.5 Å². The van der Waals surface area contributed by atoms with E-state index in [0.717, 1.165) is 10.5 Å². The van der Waals surface area contributed by atoms with E-state index in [9.17, 15) is 13.7 Å². The first kappa shape index (κ1) is 21.4. The van der Waals surface area contributed by atoms with E-state index in [1.807, 2.05) is 0 Å². The van der Waals surface area contributed by atoms with Gasteiger partial charge in [0.25, 0.3) is 0 Å². The average Bonchev–Trinajstić information content (AvgIpc) is 3.05. The third-order valence-corrected chi connectivity index (χ3v) is 5.63. The van der Waals surface area contributed by atoms with Gasteiger partial charge in [0.1, 0.15) is 39.2 Å². The Morgan fingerprint density at radius 2 is 2.15 bits per heavy atom. The lowest BCUT2D eigenvalue weighted by molar-refractivity contribution is -0.000510. The summed E-state index contributed by atoms with van der Waals surface area (Å²) in [4.78, 5) is 4.06. The number of phenolic OH excluding ortho intramolecular Hbond substituents is 1. The van der Waals surface area contributed by atoms with Crippen molar-refractivity contribution in [2.75, 3.05) is 19.7 Å². The molecule has 144 valence electrons. The predicted molar refractivity (Wildman–Crippen MR) is 99.4 cm³/mol. The lowest BCUT2D eigenvalue weighted by Crippen LogP contribution is -2.37. The number of β-amino-alcohol motifs (C(OH)–C–C–N with tert-alkyl or cyclic N) is 1. The first-order chi connectivity index (χ1) is 12.8. The zero-order chi connectivity index (χ0) is 20.0. The third kappa shape index (κ3) is 5.79. The quantitative estimate of drug-likeness (QED) is 0.645. The van der Waals surface area contributed by atoms with Crippen LogP contribution in [0.2, 0.25) is 0 Å². The van der Waals surface area contributed by atoms with Crippen LogP contribution in [0.25, 0.3) is 0 Å². The fourth-order valence-corrected chi connectivity index (χ4v) is 3.72. The van der Waals surface area contributed by atoms with E-state index >= 15 is 0 Å². The van der Waals surface area contributed by atoms with E-state index in [-0.39, 0.29) is 24.5 Å². The largest absolute Gasteiger partial charge is 0.508 e. The molecule has 1 aliphatic heterocycles. The molecule has 3 rings (SSSR count). The minimum atomic E-state index is -1.38. The highest BCUT2D eigenvalue weighted by Gasteiger charge is 2.38. The topological polar surface area (TPSA) is 118 Å². The molecule has 2 atom stereocenters. The van der Waals surface area contributed by atoms with Crippen molar-refractivity contribution in [2.24, 2.45) is 0 Å². The van der Waals surface area contributed by atoms with Gasteiger partial charge in [0.05, 0.1) is 12.2 Å². The van der Waals surface area contributed by atoms with Crippen LogP contribution in [0.4, 0.5) is 4.39 Å². The second-order valence-corrected chi connectivity index (χ2v) is 8.18.